The van der Waals surface area contributed by atoms with Crippen LogP contribution in [0.1, 0.15) is 29.5 Å². The number of benzene rings is 1. The molecule has 1 aliphatic heterocycles. The van der Waals surface area contributed by atoms with Crippen LogP contribution >= 0.6 is 0 Å². The maximum atomic E-state index is 12.5. The largest absolute Gasteiger partial charge is 0.352 e. The molecule has 0 aliphatic carbocycles. The lowest BCUT2D eigenvalue weighted by Gasteiger charge is -2.32. The van der Waals surface area contributed by atoms with Crippen LogP contribution in [0.4, 0.5) is 0 Å². The number of aryl methyl sites for hydroxylation is 1. The maximum absolute atomic E-state index is 12.5. The highest BCUT2D eigenvalue weighted by atomic mass is 16.1. The summed E-state index contributed by atoms with van der Waals surface area (Å²) in [6.07, 6.45) is 5.57. The number of nitrogens with one attached hydrogen (secondary N) is 1. The van der Waals surface area contributed by atoms with Crippen molar-refractivity contribution in [3.05, 3.63) is 65.5 Å². The topological polar surface area (TPSA) is 45.2 Å². The second kappa shape index (κ2) is 8.06. The van der Waals surface area contributed by atoms with Crippen molar-refractivity contribution in [3.63, 3.8) is 0 Å². The molecule has 0 spiro atoms. The molecule has 1 amide bonds. The minimum absolute atomic E-state index is 0.0883. The lowest BCUT2D eigenvalue weighted by atomic mass is 9.96. The lowest BCUT2D eigenvalue weighted by molar-refractivity contribution is -0.126. The standard InChI is InChI=1S/C20H25N3O/c1-16-4-2-5-18(12-16)14-23-11-3-6-19(15-23)20(24)22-13-17-7-9-21-10-8-17/h2,4-5,7-10,12,19H,3,6,11,13-15H2,1H3,(H,22,24). The van der Waals surface area contributed by atoms with E-state index in [0.717, 1.165) is 38.0 Å². The highest BCUT2D eigenvalue weighted by Gasteiger charge is 2.25. The van der Waals surface area contributed by atoms with Gasteiger partial charge in [-0.2, -0.15) is 0 Å². The van der Waals surface area contributed by atoms with E-state index in [2.05, 4.69) is 46.4 Å². The highest BCUT2D eigenvalue weighted by molar-refractivity contribution is 5.78. The van der Waals surface area contributed by atoms with Gasteiger partial charge in [-0.3, -0.25) is 14.7 Å². The Kier molecular flexibility index (Phi) is 5.59. The van der Waals surface area contributed by atoms with Gasteiger partial charge in [-0.05, 0) is 49.6 Å². The molecule has 1 atom stereocenters. The number of rotatable bonds is 5. The van der Waals surface area contributed by atoms with Crippen LogP contribution in [0.2, 0.25) is 0 Å². The Morgan fingerprint density at radius 3 is 2.88 bits per heavy atom. The number of nitrogens with zero attached hydrogens (tertiary/aromatic N) is 2. The van der Waals surface area contributed by atoms with Crippen molar-refractivity contribution in [1.29, 1.82) is 0 Å². The van der Waals surface area contributed by atoms with Gasteiger partial charge >= 0.3 is 0 Å². The Hall–Kier alpha value is -2.20. The first kappa shape index (κ1) is 16.7. The van der Waals surface area contributed by atoms with Crippen molar-refractivity contribution in [2.24, 2.45) is 5.92 Å². The van der Waals surface area contributed by atoms with E-state index in [1.165, 1.54) is 11.1 Å². The van der Waals surface area contributed by atoms with Crippen LogP contribution in [-0.4, -0.2) is 28.9 Å². The summed E-state index contributed by atoms with van der Waals surface area (Å²) in [4.78, 5) is 18.9. The number of hydrogen-bond acceptors (Lipinski definition) is 3. The molecule has 1 aromatic carbocycles. The van der Waals surface area contributed by atoms with E-state index in [9.17, 15) is 4.79 Å². The molecule has 4 nitrogen and oxygen atoms in total. The Bertz CT molecular complexity index is 672. The normalized spacial score (nSPS) is 18.3. The van der Waals surface area contributed by atoms with Crippen molar-refractivity contribution in [3.8, 4) is 0 Å². The predicted molar refractivity (Wildman–Crippen MR) is 95.3 cm³/mol. The van der Waals surface area contributed by atoms with Gasteiger partial charge in [0.25, 0.3) is 0 Å². The predicted octanol–water partition coefficient (Wildman–Crippen LogP) is 2.92. The molecule has 0 radical (unpaired) electrons. The summed E-state index contributed by atoms with van der Waals surface area (Å²) >= 11 is 0. The van der Waals surface area contributed by atoms with E-state index in [1.54, 1.807) is 12.4 Å². The van der Waals surface area contributed by atoms with Crippen LogP contribution in [0.5, 0.6) is 0 Å². The van der Waals surface area contributed by atoms with E-state index < -0.39 is 0 Å². The SMILES string of the molecule is Cc1cccc(CN2CCCC(C(=O)NCc3ccncc3)C2)c1. The van der Waals surface area contributed by atoms with Gasteiger partial charge < -0.3 is 5.32 Å². The molecule has 0 saturated carbocycles. The molecule has 0 bridgehead atoms. The number of pyridine rings is 1. The lowest BCUT2D eigenvalue weighted by Crippen LogP contribution is -2.42. The molecule has 3 rings (SSSR count). The number of likely N-dealkylation sites (tertiary alicyclic amines) is 1. The summed E-state index contributed by atoms with van der Waals surface area (Å²) in [5, 5.41) is 3.07. The Morgan fingerprint density at radius 1 is 1.25 bits per heavy atom. The van der Waals surface area contributed by atoms with Crippen molar-refractivity contribution in [1.82, 2.24) is 15.2 Å². The molecule has 1 aliphatic rings. The second-order valence-corrected chi connectivity index (χ2v) is 6.64. The van der Waals surface area contributed by atoms with Crippen molar-refractivity contribution < 1.29 is 4.79 Å². The zero-order chi connectivity index (χ0) is 16.8. The minimum atomic E-state index is 0.0883. The molecular formula is C20H25N3O. The van der Waals surface area contributed by atoms with Gasteiger partial charge in [-0.25, -0.2) is 0 Å². The maximum Gasteiger partial charge on any atom is 0.224 e. The highest BCUT2D eigenvalue weighted by Crippen LogP contribution is 2.19. The fourth-order valence-corrected chi connectivity index (χ4v) is 3.32. The fourth-order valence-electron chi connectivity index (χ4n) is 3.32. The van der Waals surface area contributed by atoms with Crippen LogP contribution < -0.4 is 5.32 Å². The van der Waals surface area contributed by atoms with Crippen LogP contribution in [-0.2, 0) is 17.9 Å². The van der Waals surface area contributed by atoms with Crippen LogP contribution in [0.15, 0.2) is 48.8 Å². The van der Waals surface area contributed by atoms with Crippen molar-refractivity contribution in [2.75, 3.05) is 13.1 Å². The summed E-state index contributed by atoms with van der Waals surface area (Å²) in [7, 11) is 0. The number of hydrogen-bond donors (Lipinski definition) is 1. The van der Waals surface area contributed by atoms with Gasteiger partial charge in [0.05, 0.1) is 5.92 Å². The Labute approximate surface area is 143 Å². The van der Waals surface area contributed by atoms with Gasteiger partial charge in [0, 0.05) is 32.0 Å². The van der Waals surface area contributed by atoms with Gasteiger partial charge in [-0.15, -0.1) is 0 Å². The van der Waals surface area contributed by atoms with Crippen molar-refractivity contribution in [2.45, 2.75) is 32.9 Å². The molecule has 2 aromatic rings. The average Bonchev–Trinajstić information content (AvgIpc) is 2.61. The molecule has 24 heavy (non-hydrogen) atoms. The third-order valence-corrected chi connectivity index (χ3v) is 4.58. The summed E-state index contributed by atoms with van der Waals surface area (Å²) in [5.74, 6) is 0.256. The molecule has 1 saturated heterocycles. The molecule has 1 fully saturated rings. The van der Waals surface area contributed by atoms with E-state index in [-0.39, 0.29) is 11.8 Å². The molecule has 1 aromatic heterocycles. The molecule has 2 heterocycles. The third-order valence-electron chi connectivity index (χ3n) is 4.58. The fraction of sp³-hybridized carbons (Fsp3) is 0.400. The zero-order valence-corrected chi connectivity index (χ0v) is 14.2. The molecule has 126 valence electrons. The van der Waals surface area contributed by atoms with Gasteiger partial charge in [0.2, 0.25) is 5.91 Å². The van der Waals surface area contributed by atoms with E-state index >= 15 is 0 Å². The summed E-state index contributed by atoms with van der Waals surface area (Å²) in [5.41, 5.74) is 3.70. The third kappa shape index (κ3) is 4.65. The first-order chi connectivity index (χ1) is 11.7. The Morgan fingerprint density at radius 2 is 2.08 bits per heavy atom. The number of carbonyl (C=O) groups is 1. The van der Waals surface area contributed by atoms with E-state index in [0.29, 0.717) is 6.54 Å². The van der Waals surface area contributed by atoms with Crippen LogP contribution in [0.3, 0.4) is 0 Å². The van der Waals surface area contributed by atoms with Crippen LogP contribution in [0, 0.1) is 12.8 Å². The van der Waals surface area contributed by atoms with Gasteiger partial charge in [-0.1, -0.05) is 29.8 Å². The quantitative estimate of drug-likeness (QED) is 0.920. The smallest absolute Gasteiger partial charge is 0.224 e. The number of carbonyl (C=O) groups excluding carboxylic acids is 1. The summed E-state index contributed by atoms with van der Waals surface area (Å²) in [6, 6.07) is 12.5. The summed E-state index contributed by atoms with van der Waals surface area (Å²) < 4.78 is 0. The Balaban J connectivity index is 1.52. The molecule has 1 unspecified atom stereocenters. The first-order valence-electron chi connectivity index (χ1n) is 8.65. The van der Waals surface area contributed by atoms with E-state index in [1.807, 2.05) is 12.1 Å². The average molecular weight is 323 g/mol. The zero-order valence-electron chi connectivity index (χ0n) is 14.2. The summed E-state index contributed by atoms with van der Waals surface area (Å²) in [6.45, 7) is 5.54. The second-order valence-electron chi connectivity index (χ2n) is 6.64. The first-order valence-corrected chi connectivity index (χ1v) is 8.65. The van der Waals surface area contributed by atoms with Crippen LogP contribution in [0.25, 0.3) is 0 Å². The number of amides is 1. The number of piperidine rings is 1. The molecule has 1 N–H and O–H groups in total. The molecular weight excluding hydrogens is 298 g/mol. The molecule has 4 heteroatoms. The number of aromatic nitrogens is 1. The monoisotopic (exact) mass is 323 g/mol. The minimum Gasteiger partial charge on any atom is -0.352 e. The van der Waals surface area contributed by atoms with Gasteiger partial charge in [0.1, 0.15) is 0 Å². The van der Waals surface area contributed by atoms with Crippen molar-refractivity contribution >= 4 is 5.91 Å². The van der Waals surface area contributed by atoms with Gasteiger partial charge in [0.15, 0.2) is 0 Å². The van der Waals surface area contributed by atoms with E-state index in [4.69, 9.17) is 0 Å².